The Labute approximate surface area is 877 Å². The highest BCUT2D eigenvalue weighted by Crippen LogP contribution is 2.40. The van der Waals surface area contributed by atoms with Crippen molar-refractivity contribution in [2.45, 2.75) is 224 Å². The Morgan fingerprint density at radius 2 is 0.858 bits per heavy atom. The Morgan fingerprint density at radius 1 is 0.392 bits per heavy atom. The minimum absolute atomic E-state index is 0.00387. The summed E-state index contributed by atoms with van der Waals surface area (Å²) in [5, 5.41) is 27.7. The third kappa shape index (κ3) is 37.7. The summed E-state index contributed by atoms with van der Waals surface area (Å²) in [6.45, 7) is 56.2. The van der Waals surface area contributed by atoms with Crippen molar-refractivity contribution >= 4 is 110 Å². The van der Waals surface area contributed by atoms with Gasteiger partial charge in [-0.15, -0.1) is 5.10 Å². The molecular weight excluding hydrogens is 1930 g/mol. The Balaban J connectivity index is 0.000000174. The van der Waals surface area contributed by atoms with Crippen molar-refractivity contribution in [3.63, 3.8) is 0 Å². The largest absolute Gasteiger partial charge is 0.497 e. The molecule has 8 aromatic heterocycles. The number of pyridine rings is 5. The molecule has 16 aromatic rings. The topological polar surface area (TPSA) is 282 Å². The number of rotatable bonds is 21. The first-order valence-corrected chi connectivity index (χ1v) is 49.8. The molecule has 17 rings (SSSR count). The van der Waals surface area contributed by atoms with Gasteiger partial charge in [0.25, 0.3) is 0 Å². The molecule has 0 amide bonds. The third-order valence-corrected chi connectivity index (χ3v) is 21.0. The van der Waals surface area contributed by atoms with E-state index in [0.29, 0.717) is 81.8 Å². The summed E-state index contributed by atoms with van der Waals surface area (Å²) in [5.41, 5.74) is 2.20. The lowest BCUT2D eigenvalue weighted by atomic mass is 10.1. The zero-order chi connectivity index (χ0) is 108. The average molecular weight is 2070 g/mol. The maximum Gasteiger partial charge on any atom is 0.422 e. The highest BCUT2D eigenvalue weighted by Gasteiger charge is 2.30. The molecule has 0 saturated carbocycles. The van der Waals surface area contributed by atoms with Crippen LogP contribution < -0.4 is 61.6 Å². The summed E-state index contributed by atoms with van der Waals surface area (Å²) in [4.78, 5) is 34.4. The Kier molecular flexibility index (Phi) is 40.5. The summed E-state index contributed by atoms with van der Waals surface area (Å²) < 4.78 is 117. The number of aromatic nitrogens is 12. The van der Waals surface area contributed by atoms with Gasteiger partial charge in [-0.05, 0) is 342 Å². The molecular formula is C115H143Cl2F3N14O14. The lowest BCUT2D eigenvalue weighted by Gasteiger charge is -2.26. The van der Waals surface area contributed by atoms with Gasteiger partial charge in [-0.1, -0.05) is 64.8 Å². The van der Waals surface area contributed by atoms with Gasteiger partial charge in [0.15, 0.2) is 6.61 Å². The fraction of sp³-hybridized carbons (Fsp3) is 0.417. The van der Waals surface area contributed by atoms with Gasteiger partial charge in [0.2, 0.25) is 35.3 Å². The van der Waals surface area contributed by atoms with Gasteiger partial charge in [-0.2, -0.15) is 28.4 Å². The Hall–Kier alpha value is -13.5. The Bertz CT molecular complexity index is 7000. The van der Waals surface area contributed by atoms with Crippen LogP contribution in [0.2, 0.25) is 10.0 Å². The van der Waals surface area contributed by atoms with Gasteiger partial charge >= 0.3 is 6.18 Å². The van der Waals surface area contributed by atoms with Gasteiger partial charge < -0.3 is 71.2 Å². The van der Waals surface area contributed by atoms with Crippen molar-refractivity contribution in [2.24, 2.45) is 0 Å². The molecule has 33 heteroatoms. The molecule has 0 unspecified atom stereocenters. The van der Waals surface area contributed by atoms with Crippen molar-refractivity contribution in [2.75, 3.05) is 94.1 Å². The number of alkyl halides is 3. The molecule has 8 aromatic carbocycles. The van der Waals surface area contributed by atoms with Crippen molar-refractivity contribution in [3.8, 4) is 75.5 Å². The van der Waals surface area contributed by atoms with Crippen LogP contribution >= 0.6 is 23.2 Å². The lowest BCUT2D eigenvalue weighted by Crippen LogP contribution is -2.38. The van der Waals surface area contributed by atoms with Crippen LogP contribution in [-0.2, 0) is 10.3 Å². The Morgan fingerprint density at radius 3 is 1.38 bits per heavy atom. The summed E-state index contributed by atoms with van der Waals surface area (Å²) in [7, 11) is 7.27. The van der Waals surface area contributed by atoms with Crippen molar-refractivity contribution < 1.29 is 79.5 Å². The second kappa shape index (κ2) is 51.4. The number of halogens is 5. The quantitative estimate of drug-likeness (QED) is 0.0646. The van der Waals surface area contributed by atoms with E-state index in [2.05, 4.69) is 86.0 Å². The summed E-state index contributed by atoms with van der Waals surface area (Å²) in [6, 6.07) is 57.2. The highest BCUT2D eigenvalue weighted by atomic mass is 35.5. The molecule has 9 heterocycles. The van der Waals surface area contributed by atoms with Crippen LogP contribution in [0.15, 0.2) is 219 Å². The van der Waals surface area contributed by atoms with Crippen molar-refractivity contribution in [3.05, 3.63) is 229 Å². The van der Waals surface area contributed by atoms with E-state index in [0.717, 1.165) is 144 Å². The first-order chi connectivity index (χ1) is 69.5. The molecule has 0 aliphatic carbocycles. The molecule has 0 bridgehead atoms. The first-order valence-electron chi connectivity index (χ1n) is 49.0. The van der Waals surface area contributed by atoms with E-state index in [-0.39, 0.29) is 44.9 Å². The third-order valence-electron chi connectivity index (χ3n) is 20.3. The van der Waals surface area contributed by atoms with Crippen LogP contribution in [0.4, 0.5) is 13.2 Å². The van der Waals surface area contributed by atoms with Gasteiger partial charge in [-0.3, -0.25) is 9.88 Å². The van der Waals surface area contributed by atoms with Crippen molar-refractivity contribution in [1.82, 2.24) is 69.9 Å². The number of para-hydroxylation sites is 2. The molecule has 0 atom stereocenters. The van der Waals surface area contributed by atoms with Crippen LogP contribution in [0.5, 0.6) is 75.5 Å². The molecule has 0 spiro atoms. The number of likely N-dealkylation sites (N-methyl/N-ethyl adjacent to an activating group) is 1. The molecule has 0 N–H and O–H groups in total. The lowest BCUT2D eigenvalue weighted by molar-refractivity contribution is -0.153. The molecule has 792 valence electrons. The highest BCUT2D eigenvalue weighted by molar-refractivity contribution is 6.36. The zero-order valence-electron chi connectivity index (χ0n) is 90.7. The monoisotopic (exact) mass is 2070 g/mol. The van der Waals surface area contributed by atoms with Crippen LogP contribution in [-0.4, -0.2) is 209 Å². The van der Waals surface area contributed by atoms with E-state index in [1.807, 2.05) is 323 Å². The fourth-order valence-corrected chi connectivity index (χ4v) is 14.7. The number of ether oxygens (including phenoxy) is 14. The molecule has 1 aliphatic heterocycles. The van der Waals surface area contributed by atoms with Gasteiger partial charge in [0.05, 0.1) is 72.7 Å². The maximum atomic E-state index is 12.2. The van der Waals surface area contributed by atoms with E-state index in [4.69, 9.17) is 89.5 Å². The van der Waals surface area contributed by atoms with Crippen LogP contribution in [0, 0.1) is 0 Å². The molecule has 1 aliphatic rings. The number of methoxy groups -OCH3 is 2. The normalized spacial score (nSPS) is 12.6. The minimum Gasteiger partial charge on any atom is -0.497 e. The standard InChI is InChI=1S/C19H26N2O3.C17H24N2O2.C15H16F3NO2.C15H19NO2.C13H15ClN2O2.C13H14ClNO.C13H16N2O2.C10H13N3/c1-19(2,3)24-18-17-5-4-16(14-15(17)6-7-20-18)23-13-10-21-8-11-22-12-9-21;1-17(2,3)21-16-15-7-6-14(20-11-10-19(4)5)12-13(15)8-9-18-16;1-14(2,3)21-13-12-5-4-11(20-9-15(16,17)18)8-10(12)6-7-19-13;1-5-17-13-10-11-8-6-7-9-12(11)14(16-13)18-15(2,3)4;1-13(2,3)18-12-8-5-6-9(17-4)10(14)11(8)15-7-16-12;1-13(2,3)16-11-7-8-15-12-9(11)5-4-6-10(12)14;1-13(2,3)17-12-8-14-15-11-7-9(16-4)5-6-10(11)12;1-10(2,3)13-9-7-5-4-6-8(9)11-12-13/h4-7,14H,8-13H2,1-3H3;6-9,12H,10-11H2,1-5H3;4-8H,9H2,1-3H3;6-10H,5H2,1-4H3;5-7H,1-4H3;4-8H,1-3H3;5-8H,1-4H3;4-7H,1-3H3. The number of fused-ring (bicyclic) bond motifs is 8. The number of benzene rings is 8. The maximum absolute atomic E-state index is 12.2. The summed E-state index contributed by atoms with van der Waals surface area (Å²) in [5.74, 6) is 8.36. The second-order valence-corrected chi connectivity index (χ2v) is 43.4. The molecule has 1 fully saturated rings. The molecule has 148 heavy (non-hydrogen) atoms. The molecule has 1 saturated heterocycles. The molecule has 0 radical (unpaired) electrons. The number of hydrogen-bond acceptors (Lipinski definition) is 27. The average Bonchev–Trinajstić information content (AvgIpc) is 1.55. The summed E-state index contributed by atoms with van der Waals surface area (Å²) >= 11 is 12.3. The van der Waals surface area contributed by atoms with E-state index >= 15 is 0 Å². The van der Waals surface area contributed by atoms with E-state index < -0.39 is 18.4 Å². The SMILES string of the molecule is CC(C)(C)Oc1ccnc2c(Cl)cccc12.CC(C)(C)Oc1nccc2cc(OCC(F)(F)F)ccc12.CC(C)(C)Oc1nccc2cc(OCCN3CCOCC3)ccc12.CC(C)(C)n1nnc2ccccc21.CCOc1cc2ccccc2c(OC(C)(C)C)n1.CN(C)CCOc1ccc2c(OC(C)(C)C)nccc2c1.COc1ccc2c(OC(C)(C)C)cnnc2c1.COc1ccc2c(OC(C)(C)C)ncnc2c1Cl. The fourth-order valence-electron chi connectivity index (χ4n) is 14.2. The van der Waals surface area contributed by atoms with Crippen LogP contribution in [0.3, 0.4) is 0 Å². The minimum atomic E-state index is -4.35. The molecule has 28 nitrogen and oxygen atoms in total. The van der Waals surface area contributed by atoms with E-state index in [1.165, 1.54) is 18.5 Å². The number of morpholine rings is 1. The van der Waals surface area contributed by atoms with Gasteiger partial charge in [0.1, 0.15) is 115 Å². The summed E-state index contributed by atoms with van der Waals surface area (Å²) in [6.07, 6.45) is 5.54. The van der Waals surface area contributed by atoms with Crippen LogP contribution in [0.25, 0.3) is 86.8 Å². The number of hydrogen-bond donors (Lipinski definition) is 0. The van der Waals surface area contributed by atoms with E-state index in [1.54, 1.807) is 63.4 Å². The van der Waals surface area contributed by atoms with Crippen molar-refractivity contribution in [1.29, 1.82) is 0 Å². The van der Waals surface area contributed by atoms with Gasteiger partial charge in [-0.25, -0.2) is 29.6 Å². The van der Waals surface area contributed by atoms with Crippen LogP contribution in [0.1, 0.15) is 173 Å². The predicted molar refractivity (Wildman–Crippen MR) is 586 cm³/mol. The number of nitrogens with zero attached hydrogens (tertiary/aromatic N) is 14. The second-order valence-electron chi connectivity index (χ2n) is 42.6. The van der Waals surface area contributed by atoms with Gasteiger partial charge in [0, 0.05) is 95.4 Å². The smallest absolute Gasteiger partial charge is 0.422 e. The predicted octanol–water partition coefficient (Wildman–Crippen LogP) is 27.2. The van der Waals surface area contributed by atoms with E-state index in [9.17, 15) is 13.2 Å². The first kappa shape index (κ1) is 116. The zero-order valence-corrected chi connectivity index (χ0v) is 92.2.